The van der Waals surface area contributed by atoms with Crippen LogP contribution < -0.4 is 0 Å². The molecule has 0 radical (unpaired) electrons. The van der Waals surface area contributed by atoms with Crippen LogP contribution in [0, 0.1) is 5.92 Å². The number of aliphatic hydroxyl groups excluding tert-OH is 1. The second kappa shape index (κ2) is 5.02. The Bertz CT molecular complexity index is 415. The molecule has 1 aromatic carbocycles. The monoisotopic (exact) mass is 246 g/mol. The van der Waals surface area contributed by atoms with E-state index < -0.39 is 0 Å². The molecule has 1 N–H and O–H groups in total. The summed E-state index contributed by atoms with van der Waals surface area (Å²) in [6.07, 6.45) is 4.15. The van der Waals surface area contributed by atoms with E-state index in [9.17, 15) is 5.11 Å². The van der Waals surface area contributed by atoms with Gasteiger partial charge in [-0.1, -0.05) is 31.2 Å². The van der Waals surface area contributed by atoms with E-state index in [0.29, 0.717) is 11.8 Å². The highest BCUT2D eigenvalue weighted by Gasteiger charge is 2.36. The fourth-order valence-corrected chi connectivity index (χ4v) is 3.57. The number of benzene rings is 1. The van der Waals surface area contributed by atoms with E-state index >= 15 is 0 Å². The Kier molecular flexibility index (Phi) is 3.40. The highest BCUT2D eigenvalue weighted by atomic mass is 16.5. The third-order valence-electron chi connectivity index (χ3n) is 4.64. The van der Waals surface area contributed by atoms with Crippen LogP contribution in [0.4, 0.5) is 0 Å². The number of rotatable bonds is 4. The lowest BCUT2D eigenvalue weighted by molar-refractivity contribution is 0.0237. The van der Waals surface area contributed by atoms with Crippen molar-refractivity contribution in [1.82, 2.24) is 0 Å². The van der Waals surface area contributed by atoms with Crippen molar-refractivity contribution in [3.63, 3.8) is 0 Å². The summed E-state index contributed by atoms with van der Waals surface area (Å²) < 4.78 is 5.68. The minimum atomic E-state index is -0.198. The first-order chi connectivity index (χ1) is 8.79. The van der Waals surface area contributed by atoms with E-state index in [2.05, 4.69) is 31.2 Å². The van der Waals surface area contributed by atoms with Crippen LogP contribution in [0.2, 0.25) is 0 Å². The molecule has 2 nitrogen and oxygen atoms in total. The van der Waals surface area contributed by atoms with Crippen molar-refractivity contribution in [3.8, 4) is 0 Å². The molecular formula is C16H22O2. The molecule has 0 amide bonds. The molecule has 1 aromatic rings. The normalized spacial score (nSPS) is 31.8. The van der Waals surface area contributed by atoms with Gasteiger partial charge in [-0.3, -0.25) is 0 Å². The van der Waals surface area contributed by atoms with Crippen LogP contribution in [-0.4, -0.2) is 23.9 Å². The molecule has 4 unspecified atom stereocenters. The number of ether oxygens (including phenoxy) is 1. The lowest BCUT2D eigenvalue weighted by atomic mass is 9.73. The van der Waals surface area contributed by atoms with Gasteiger partial charge in [-0.15, -0.1) is 0 Å². The van der Waals surface area contributed by atoms with Crippen molar-refractivity contribution in [2.24, 2.45) is 5.92 Å². The number of hydrogen-bond acceptors (Lipinski definition) is 2. The SMILES string of the molecule is CCC1OCCC1C(O)CC1Cc2ccccc21. The van der Waals surface area contributed by atoms with Gasteiger partial charge in [-0.05, 0) is 42.7 Å². The third kappa shape index (κ3) is 2.08. The highest BCUT2D eigenvalue weighted by Crippen LogP contribution is 2.40. The van der Waals surface area contributed by atoms with Crippen LogP contribution in [0.15, 0.2) is 24.3 Å². The van der Waals surface area contributed by atoms with Crippen LogP contribution in [0.25, 0.3) is 0 Å². The van der Waals surface area contributed by atoms with Gasteiger partial charge in [-0.2, -0.15) is 0 Å². The first-order valence-electron chi connectivity index (χ1n) is 7.17. The van der Waals surface area contributed by atoms with Crippen LogP contribution in [0.5, 0.6) is 0 Å². The molecule has 1 aliphatic heterocycles. The number of hydrogen-bond donors (Lipinski definition) is 1. The quantitative estimate of drug-likeness (QED) is 0.885. The van der Waals surface area contributed by atoms with Crippen molar-refractivity contribution >= 4 is 0 Å². The van der Waals surface area contributed by atoms with Gasteiger partial charge in [0.25, 0.3) is 0 Å². The van der Waals surface area contributed by atoms with E-state index in [1.807, 2.05) is 0 Å². The lowest BCUT2D eigenvalue weighted by Crippen LogP contribution is -2.31. The van der Waals surface area contributed by atoms with E-state index in [0.717, 1.165) is 32.3 Å². The van der Waals surface area contributed by atoms with Gasteiger partial charge in [0.15, 0.2) is 0 Å². The Hall–Kier alpha value is -0.860. The third-order valence-corrected chi connectivity index (χ3v) is 4.64. The smallest absolute Gasteiger partial charge is 0.0626 e. The van der Waals surface area contributed by atoms with Gasteiger partial charge in [-0.25, -0.2) is 0 Å². The lowest BCUT2D eigenvalue weighted by Gasteiger charge is -2.34. The van der Waals surface area contributed by atoms with Gasteiger partial charge in [0, 0.05) is 12.5 Å². The summed E-state index contributed by atoms with van der Waals surface area (Å²) in [4.78, 5) is 0. The van der Waals surface area contributed by atoms with Gasteiger partial charge in [0.05, 0.1) is 12.2 Å². The maximum atomic E-state index is 10.4. The standard InChI is InChI=1S/C16H22O2/c1-2-16-14(7-8-18-16)15(17)10-12-9-11-5-3-4-6-13(11)12/h3-6,12,14-17H,2,7-10H2,1H3. The molecule has 0 aromatic heterocycles. The molecule has 2 heteroatoms. The summed E-state index contributed by atoms with van der Waals surface area (Å²) in [5.74, 6) is 0.914. The van der Waals surface area contributed by atoms with Gasteiger partial charge < -0.3 is 9.84 Å². The minimum Gasteiger partial charge on any atom is -0.393 e. The maximum Gasteiger partial charge on any atom is 0.0626 e. The van der Waals surface area contributed by atoms with Crippen molar-refractivity contribution < 1.29 is 9.84 Å². The van der Waals surface area contributed by atoms with Crippen LogP contribution >= 0.6 is 0 Å². The second-order valence-corrected chi connectivity index (χ2v) is 5.67. The molecule has 1 aliphatic carbocycles. The molecule has 0 saturated carbocycles. The van der Waals surface area contributed by atoms with Crippen molar-refractivity contribution in [2.75, 3.05) is 6.61 Å². The topological polar surface area (TPSA) is 29.5 Å². The van der Waals surface area contributed by atoms with Gasteiger partial charge in [0.2, 0.25) is 0 Å². The van der Waals surface area contributed by atoms with E-state index in [1.165, 1.54) is 11.1 Å². The fourth-order valence-electron chi connectivity index (χ4n) is 3.57. The van der Waals surface area contributed by atoms with Crippen LogP contribution in [0.1, 0.15) is 43.2 Å². The predicted molar refractivity (Wildman–Crippen MR) is 71.6 cm³/mol. The van der Waals surface area contributed by atoms with E-state index in [4.69, 9.17) is 4.74 Å². The van der Waals surface area contributed by atoms with Crippen molar-refractivity contribution in [2.45, 2.75) is 50.7 Å². The summed E-state index contributed by atoms with van der Waals surface area (Å²) in [6.45, 7) is 2.97. The zero-order valence-electron chi connectivity index (χ0n) is 11.0. The van der Waals surface area contributed by atoms with Crippen LogP contribution in [0.3, 0.4) is 0 Å². The molecule has 1 saturated heterocycles. The molecule has 3 rings (SSSR count). The Morgan fingerprint density at radius 2 is 2.22 bits per heavy atom. The average Bonchev–Trinajstić information content (AvgIpc) is 2.84. The van der Waals surface area contributed by atoms with Crippen molar-refractivity contribution in [3.05, 3.63) is 35.4 Å². The summed E-state index contributed by atoms with van der Waals surface area (Å²) in [5.41, 5.74) is 2.91. The van der Waals surface area contributed by atoms with Gasteiger partial charge in [0.1, 0.15) is 0 Å². The summed E-state index contributed by atoms with van der Waals surface area (Å²) in [7, 11) is 0. The maximum absolute atomic E-state index is 10.4. The number of aliphatic hydroxyl groups is 1. The Balaban J connectivity index is 1.61. The predicted octanol–water partition coefficient (Wildman–Crippen LogP) is 2.89. The van der Waals surface area contributed by atoms with E-state index in [1.54, 1.807) is 0 Å². The first-order valence-corrected chi connectivity index (χ1v) is 7.17. The minimum absolute atomic E-state index is 0.198. The highest BCUT2D eigenvalue weighted by molar-refractivity contribution is 5.39. The average molecular weight is 246 g/mol. The zero-order chi connectivity index (χ0) is 12.5. The molecule has 0 spiro atoms. The molecule has 1 fully saturated rings. The second-order valence-electron chi connectivity index (χ2n) is 5.67. The van der Waals surface area contributed by atoms with Gasteiger partial charge >= 0.3 is 0 Å². The molecule has 0 bridgehead atoms. The fraction of sp³-hybridized carbons (Fsp3) is 0.625. The van der Waals surface area contributed by atoms with E-state index in [-0.39, 0.29) is 12.2 Å². The molecule has 2 aliphatic rings. The Morgan fingerprint density at radius 1 is 1.39 bits per heavy atom. The number of fused-ring (bicyclic) bond motifs is 1. The van der Waals surface area contributed by atoms with Crippen molar-refractivity contribution in [1.29, 1.82) is 0 Å². The van der Waals surface area contributed by atoms with Crippen LogP contribution in [-0.2, 0) is 11.2 Å². The summed E-state index contributed by atoms with van der Waals surface area (Å²) in [6, 6.07) is 8.61. The Morgan fingerprint density at radius 3 is 3.00 bits per heavy atom. The molecule has 1 heterocycles. The largest absolute Gasteiger partial charge is 0.393 e. The molecule has 98 valence electrons. The summed E-state index contributed by atoms with van der Waals surface area (Å²) >= 11 is 0. The molecular weight excluding hydrogens is 224 g/mol. The molecule has 18 heavy (non-hydrogen) atoms. The Labute approximate surface area is 109 Å². The molecule has 4 atom stereocenters. The summed E-state index contributed by atoms with van der Waals surface area (Å²) in [5, 5.41) is 10.4. The zero-order valence-corrected chi connectivity index (χ0v) is 11.0. The first kappa shape index (κ1) is 12.2.